The third-order valence-electron chi connectivity index (χ3n) is 20.0. The minimum atomic E-state index is -0.0975. The lowest BCUT2D eigenvalue weighted by molar-refractivity contribution is 0.332. The van der Waals surface area contributed by atoms with Crippen LogP contribution in [0.4, 0.5) is 34.1 Å². The molecule has 71 heavy (non-hydrogen) atoms. The van der Waals surface area contributed by atoms with Crippen molar-refractivity contribution in [3.05, 3.63) is 134 Å². The van der Waals surface area contributed by atoms with E-state index in [1.165, 1.54) is 143 Å². The lowest BCUT2D eigenvalue weighted by atomic mass is 9.35. The van der Waals surface area contributed by atoms with Crippen molar-refractivity contribution >= 4 is 78.0 Å². The number of hydrogen-bond donors (Lipinski definition) is 0. The average Bonchev–Trinajstić information content (AvgIpc) is 3.65. The second-order valence-electron chi connectivity index (χ2n) is 28.9. The summed E-state index contributed by atoms with van der Waals surface area (Å²) in [5.41, 5.74) is 27.5. The van der Waals surface area contributed by atoms with Gasteiger partial charge in [0.15, 0.2) is 0 Å². The molecule has 6 aromatic rings. The van der Waals surface area contributed by atoms with Crippen LogP contribution in [0, 0.1) is 20.8 Å². The third kappa shape index (κ3) is 6.63. The maximum Gasteiger partial charge on any atom is 0.264 e. The standard InChI is InChI=1S/C67H81BN2S/c1-38-28-54-57-55(29-38)70(52-35-47-43(31-40(52)3)61(6,7)21-25-65(47,14)15)58-41-32-44-49(67(18,19)27-22-62(44,8)9)37-56(41)71-59(58)68(57)50-33-45-48(66(16,17)26-23-63(45,10)11)36-53(50)69(54)51-34-46-42(30-39(51)2)60(4,5)20-24-64(46,12)13/h20,24,28-37H,21-23,25-27H2,1-19H3. The van der Waals surface area contributed by atoms with Crippen LogP contribution in [0.15, 0.2) is 72.8 Å². The van der Waals surface area contributed by atoms with Crippen molar-refractivity contribution in [2.45, 2.75) is 213 Å². The molecule has 1 aromatic heterocycles. The number of hydrogen-bond acceptors (Lipinski definition) is 3. The Kier molecular flexibility index (Phi) is 9.63. The first kappa shape index (κ1) is 47.5. The predicted octanol–water partition coefficient (Wildman–Crippen LogP) is 17.1. The molecule has 2 aliphatic heterocycles. The number of fused-ring (bicyclic) bond motifs is 10. The molecule has 5 aromatic carbocycles. The molecule has 0 atom stereocenters. The van der Waals surface area contributed by atoms with E-state index in [0.717, 1.165) is 0 Å². The number of nitrogens with zero attached hydrogens (tertiary/aromatic N) is 2. The summed E-state index contributed by atoms with van der Waals surface area (Å²) >= 11 is 2.10. The van der Waals surface area contributed by atoms with Gasteiger partial charge in [-0.25, -0.2) is 0 Å². The van der Waals surface area contributed by atoms with Crippen LogP contribution in [0.5, 0.6) is 0 Å². The molecule has 0 bridgehead atoms. The maximum atomic E-state index is 2.81. The van der Waals surface area contributed by atoms with Crippen molar-refractivity contribution in [2.24, 2.45) is 0 Å². The molecule has 0 saturated carbocycles. The van der Waals surface area contributed by atoms with Crippen LogP contribution < -0.4 is 25.5 Å². The molecule has 0 spiro atoms. The molecule has 6 aliphatic rings. The number of aryl methyl sites for hydroxylation is 3. The second-order valence-corrected chi connectivity index (χ2v) is 30.0. The molecular formula is C67H81BN2S. The highest BCUT2D eigenvalue weighted by molar-refractivity contribution is 7.33. The Morgan fingerprint density at radius 2 is 0.775 bits per heavy atom. The Balaban J connectivity index is 1.24. The summed E-state index contributed by atoms with van der Waals surface area (Å²) in [6.45, 7) is 46.9. The van der Waals surface area contributed by atoms with Crippen molar-refractivity contribution in [1.82, 2.24) is 0 Å². The van der Waals surface area contributed by atoms with Gasteiger partial charge in [0.1, 0.15) is 0 Å². The predicted molar refractivity (Wildman–Crippen MR) is 311 cm³/mol. The summed E-state index contributed by atoms with van der Waals surface area (Å²) in [7, 11) is 0. The van der Waals surface area contributed by atoms with Crippen LogP contribution in [0.3, 0.4) is 0 Å². The topological polar surface area (TPSA) is 6.48 Å². The lowest BCUT2D eigenvalue weighted by Gasteiger charge is -2.48. The Morgan fingerprint density at radius 1 is 0.394 bits per heavy atom. The van der Waals surface area contributed by atoms with E-state index in [0.29, 0.717) is 0 Å². The molecule has 4 aliphatic carbocycles. The number of thiophene rings is 1. The van der Waals surface area contributed by atoms with Crippen LogP contribution in [-0.2, 0) is 43.3 Å². The fraction of sp³-hybridized carbons (Fsp3) is 0.493. The maximum absolute atomic E-state index is 2.81. The Hall–Kier alpha value is -4.54. The van der Waals surface area contributed by atoms with Gasteiger partial charge < -0.3 is 9.80 Å². The van der Waals surface area contributed by atoms with Crippen molar-refractivity contribution < 1.29 is 0 Å². The van der Waals surface area contributed by atoms with Crippen LogP contribution in [0.2, 0.25) is 0 Å². The van der Waals surface area contributed by atoms with E-state index in [2.05, 4.69) is 226 Å². The van der Waals surface area contributed by atoms with Crippen LogP contribution in [-0.4, -0.2) is 6.71 Å². The number of benzene rings is 5. The van der Waals surface area contributed by atoms with Gasteiger partial charge in [-0.2, -0.15) is 0 Å². The number of allylic oxidation sites excluding steroid dienone is 2. The lowest BCUT2D eigenvalue weighted by Crippen LogP contribution is -2.61. The van der Waals surface area contributed by atoms with Crippen molar-refractivity contribution in [1.29, 1.82) is 0 Å². The number of rotatable bonds is 2. The van der Waals surface area contributed by atoms with Crippen LogP contribution in [0.25, 0.3) is 10.1 Å². The first-order chi connectivity index (χ1) is 32.9. The quantitative estimate of drug-likeness (QED) is 0.126. The van der Waals surface area contributed by atoms with Gasteiger partial charge in [-0.1, -0.05) is 141 Å². The Morgan fingerprint density at radius 3 is 1.30 bits per heavy atom. The third-order valence-corrected chi connectivity index (χ3v) is 21.2. The molecule has 0 unspecified atom stereocenters. The molecule has 0 saturated heterocycles. The van der Waals surface area contributed by atoms with E-state index >= 15 is 0 Å². The van der Waals surface area contributed by atoms with E-state index < -0.39 is 0 Å². The summed E-state index contributed by atoms with van der Waals surface area (Å²) in [6, 6.07) is 26.4. The highest BCUT2D eigenvalue weighted by Gasteiger charge is 2.50. The molecule has 4 heteroatoms. The molecule has 3 heterocycles. The van der Waals surface area contributed by atoms with E-state index in [1.54, 1.807) is 16.7 Å². The first-order valence-corrected chi connectivity index (χ1v) is 28.2. The highest BCUT2D eigenvalue weighted by Crippen LogP contribution is 2.57. The van der Waals surface area contributed by atoms with Crippen molar-refractivity contribution in [2.75, 3.05) is 9.80 Å². The molecule has 0 radical (unpaired) electrons. The van der Waals surface area contributed by atoms with E-state index in [-0.39, 0.29) is 50.0 Å². The van der Waals surface area contributed by atoms with Gasteiger partial charge in [0.05, 0.1) is 5.69 Å². The van der Waals surface area contributed by atoms with Gasteiger partial charge in [-0.05, 0) is 206 Å². The molecule has 0 N–H and O–H groups in total. The largest absolute Gasteiger partial charge is 0.311 e. The first-order valence-electron chi connectivity index (χ1n) is 27.4. The van der Waals surface area contributed by atoms with Crippen LogP contribution in [0.1, 0.15) is 211 Å². The normalized spacial score (nSPS) is 22.4. The molecule has 2 nitrogen and oxygen atoms in total. The summed E-state index contributed by atoms with van der Waals surface area (Å²) < 4.78 is 2.93. The minimum Gasteiger partial charge on any atom is -0.311 e. The van der Waals surface area contributed by atoms with E-state index in [1.807, 2.05) is 0 Å². The summed E-state index contributed by atoms with van der Waals surface area (Å²) in [6.07, 6.45) is 12.1. The summed E-state index contributed by atoms with van der Waals surface area (Å²) in [4.78, 5) is 5.57. The number of anilines is 6. The molecule has 12 rings (SSSR count). The fourth-order valence-corrected chi connectivity index (χ4v) is 16.1. The van der Waals surface area contributed by atoms with Crippen molar-refractivity contribution in [3.63, 3.8) is 0 Å². The molecule has 0 amide bonds. The summed E-state index contributed by atoms with van der Waals surface area (Å²) in [5.74, 6) is 0. The van der Waals surface area contributed by atoms with Gasteiger partial charge >= 0.3 is 0 Å². The minimum absolute atomic E-state index is 0.0472. The van der Waals surface area contributed by atoms with E-state index in [4.69, 9.17) is 0 Å². The van der Waals surface area contributed by atoms with Gasteiger partial charge in [0.25, 0.3) is 6.71 Å². The van der Waals surface area contributed by atoms with E-state index in [9.17, 15) is 0 Å². The van der Waals surface area contributed by atoms with Gasteiger partial charge in [-0.15, -0.1) is 11.3 Å². The van der Waals surface area contributed by atoms with Gasteiger partial charge in [0.2, 0.25) is 0 Å². The SMILES string of the molecule is Cc1cc2c3c(c1)N(c1cc4c(cc1C)C(C)(C)CCC4(C)C)c1c(sc4cc5c(cc14)C(C)(C)CCC5(C)C)B3c1cc3c(cc1N2c1cc2c(cc1C)C(C)(C)C=CC2(C)C)C(C)(C)CCC3(C)C. The van der Waals surface area contributed by atoms with Crippen molar-refractivity contribution in [3.8, 4) is 0 Å². The smallest absolute Gasteiger partial charge is 0.264 e. The highest BCUT2D eigenvalue weighted by atomic mass is 32.1. The zero-order valence-corrected chi connectivity index (χ0v) is 47.9. The molecule has 0 fully saturated rings. The molecule has 368 valence electrons. The zero-order valence-electron chi connectivity index (χ0n) is 47.1. The second kappa shape index (κ2) is 14.4. The average molecular weight is 957 g/mol. The monoisotopic (exact) mass is 957 g/mol. The zero-order chi connectivity index (χ0) is 50.9. The van der Waals surface area contributed by atoms with Gasteiger partial charge in [0, 0.05) is 54.1 Å². The Labute approximate surface area is 432 Å². The summed E-state index contributed by atoms with van der Waals surface area (Å²) in [5, 5.41) is 1.42. The Bertz CT molecular complexity index is 3380. The molecular weight excluding hydrogens is 876 g/mol. The fourth-order valence-electron chi connectivity index (χ4n) is 14.8. The van der Waals surface area contributed by atoms with Gasteiger partial charge in [-0.3, -0.25) is 0 Å². The van der Waals surface area contributed by atoms with Crippen LogP contribution >= 0.6 is 11.3 Å².